The summed E-state index contributed by atoms with van der Waals surface area (Å²) in [5, 5.41) is 9.30. The summed E-state index contributed by atoms with van der Waals surface area (Å²) in [5.41, 5.74) is 1.82. The summed E-state index contributed by atoms with van der Waals surface area (Å²) in [6.45, 7) is 0.0432. The van der Waals surface area contributed by atoms with Gasteiger partial charge >= 0.3 is 11.9 Å². The number of aliphatic carboxylic acids is 1. The van der Waals surface area contributed by atoms with Crippen LogP contribution in [0, 0.1) is 0 Å². The summed E-state index contributed by atoms with van der Waals surface area (Å²) in [6.07, 6.45) is 0.372. The van der Waals surface area contributed by atoms with E-state index in [-0.39, 0.29) is 6.54 Å². The van der Waals surface area contributed by atoms with Gasteiger partial charge < -0.3 is 14.6 Å². The quantitative estimate of drug-likeness (QED) is 0.695. The Kier molecular flexibility index (Phi) is 7.17. The first-order chi connectivity index (χ1) is 12.5. The highest BCUT2D eigenvalue weighted by molar-refractivity contribution is 5.77. The fourth-order valence-corrected chi connectivity index (χ4v) is 2.75. The van der Waals surface area contributed by atoms with E-state index in [0.717, 1.165) is 11.1 Å². The van der Waals surface area contributed by atoms with E-state index in [4.69, 9.17) is 9.47 Å². The van der Waals surface area contributed by atoms with Gasteiger partial charge in [0.05, 0.1) is 20.8 Å². The zero-order valence-corrected chi connectivity index (χ0v) is 14.9. The van der Waals surface area contributed by atoms with Gasteiger partial charge in [0.1, 0.15) is 11.8 Å². The number of benzene rings is 2. The van der Waals surface area contributed by atoms with Crippen LogP contribution in [0.1, 0.15) is 11.1 Å². The van der Waals surface area contributed by atoms with Gasteiger partial charge in [0.2, 0.25) is 0 Å². The van der Waals surface area contributed by atoms with E-state index in [0.29, 0.717) is 18.7 Å². The van der Waals surface area contributed by atoms with Crippen molar-refractivity contribution >= 4 is 11.9 Å². The number of carboxylic acids is 1. The molecule has 2 rings (SSSR count). The first-order valence-electron chi connectivity index (χ1n) is 8.24. The smallest absolute Gasteiger partial charge is 0.323 e. The van der Waals surface area contributed by atoms with Crippen molar-refractivity contribution in [2.45, 2.75) is 19.0 Å². The minimum Gasteiger partial charge on any atom is -0.497 e. The highest BCUT2D eigenvalue weighted by Crippen LogP contribution is 2.17. The van der Waals surface area contributed by atoms with Gasteiger partial charge in [0.15, 0.2) is 0 Å². The number of carboxylic acid groups (broad SMARTS) is 1. The van der Waals surface area contributed by atoms with E-state index in [2.05, 4.69) is 0 Å². The third-order valence-electron chi connectivity index (χ3n) is 4.07. The molecular weight excluding hydrogens is 334 g/mol. The van der Waals surface area contributed by atoms with Crippen molar-refractivity contribution in [2.75, 3.05) is 20.8 Å². The lowest BCUT2D eigenvalue weighted by molar-refractivity contribution is -0.149. The molecule has 0 aromatic heterocycles. The van der Waals surface area contributed by atoms with Gasteiger partial charge in [-0.1, -0.05) is 42.5 Å². The van der Waals surface area contributed by atoms with Crippen LogP contribution in [0.25, 0.3) is 0 Å². The lowest BCUT2D eigenvalue weighted by Gasteiger charge is -2.28. The molecular formula is C20H23NO5. The molecule has 0 aliphatic heterocycles. The summed E-state index contributed by atoms with van der Waals surface area (Å²) in [6, 6.07) is 16.1. The van der Waals surface area contributed by atoms with Crippen molar-refractivity contribution in [3.05, 3.63) is 65.7 Å². The summed E-state index contributed by atoms with van der Waals surface area (Å²) in [5.74, 6) is -0.739. The fourth-order valence-electron chi connectivity index (χ4n) is 2.75. The lowest BCUT2D eigenvalue weighted by atomic mass is 10.0. The van der Waals surface area contributed by atoms with Crippen molar-refractivity contribution < 1.29 is 24.2 Å². The number of hydrogen-bond acceptors (Lipinski definition) is 5. The Morgan fingerprint density at radius 1 is 1.00 bits per heavy atom. The van der Waals surface area contributed by atoms with E-state index in [1.165, 1.54) is 7.11 Å². The van der Waals surface area contributed by atoms with Gasteiger partial charge in [0, 0.05) is 6.54 Å². The molecule has 0 saturated heterocycles. The minimum atomic E-state index is -1.000. The molecule has 6 nitrogen and oxygen atoms in total. The molecule has 0 fully saturated rings. The standard InChI is InChI=1S/C20H23NO5/c1-25-17-10-8-16(9-11-17)13-21(14-19(22)23)18(20(24)26-2)12-15-6-4-3-5-7-15/h3-11,18H,12-14H2,1-2H3,(H,22,23)/t18-/m0/s1. The van der Waals surface area contributed by atoms with Crippen LogP contribution in [-0.2, 0) is 27.3 Å². The monoisotopic (exact) mass is 357 g/mol. The van der Waals surface area contributed by atoms with Crippen LogP contribution in [-0.4, -0.2) is 48.8 Å². The number of carbonyl (C=O) groups excluding carboxylic acids is 1. The molecule has 138 valence electrons. The van der Waals surface area contributed by atoms with Crippen LogP contribution >= 0.6 is 0 Å². The maximum Gasteiger partial charge on any atom is 0.323 e. The van der Waals surface area contributed by atoms with Crippen LogP contribution in [0.4, 0.5) is 0 Å². The van der Waals surface area contributed by atoms with Crippen molar-refractivity contribution in [2.24, 2.45) is 0 Å². The topological polar surface area (TPSA) is 76.1 Å². The molecule has 0 unspecified atom stereocenters. The predicted octanol–water partition coefficient (Wildman–Crippen LogP) is 2.37. The molecule has 2 aromatic carbocycles. The Morgan fingerprint density at radius 2 is 1.65 bits per heavy atom. The average Bonchev–Trinajstić information content (AvgIpc) is 2.66. The number of carbonyl (C=O) groups is 2. The van der Waals surface area contributed by atoms with E-state index in [1.54, 1.807) is 24.1 Å². The van der Waals surface area contributed by atoms with E-state index in [1.807, 2.05) is 42.5 Å². The zero-order chi connectivity index (χ0) is 18.9. The lowest BCUT2D eigenvalue weighted by Crippen LogP contribution is -2.45. The van der Waals surface area contributed by atoms with Gasteiger partial charge in [-0.05, 0) is 29.7 Å². The number of ether oxygens (including phenoxy) is 2. The molecule has 6 heteroatoms. The molecule has 0 saturated carbocycles. The van der Waals surface area contributed by atoms with Crippen LogP contribution in [0.3, 0.4) is 0 Å². The minimum absolute atomic E-state index is 0.265. The molecule has 0 heterocycles. The van der Waals surface area contributed by atoms with Gasteiger partial charge in [-0.25, -0.2) is 0 Å². The van der Waals surface area contributed by atoms with Gasteiger partial charge in [0.25, 0.3) is 0 Å². The largest absolute Gasteiger partial charge is 0.497 e. The van der Waals surface area contributed by atoms with Crippen molar-refractivity contribution in [3.8, 4) is 5.75 Å². The molecule has 1 N–H and O–H groups in total. The maximum absolute atomic E-state index is 12.4. The Balaban J connectivity index is 2.25. The molecule has 0 aliphatic rings. The number of hydrogen-bond donors (Lipinski definition) is 1. The van der Waals surface area contributed by atoms with Crippen LogP contribution in [0.5, 0.6) is 5.75 Å². The molecule has 0 aliphatic carbocycles. The number of methoxy groups -OCH3 is 2. The van der Waals surface area contributed by atoms with Crippen LogP contribution in [0.15, 0.2) is 54.6 Å². The zero-order valence-electron chi connectivity index (χ0n) is 14.9. The summed E-state index contributed by atoms with van der Waals surface area (Å²) >= 11 is 0. The SMILES string of the molecule is COC(=O)[C@H](Cc1ccccc1)N(CC(=O)O)Cc1ccc(OC)cc1. The summed E-state index contributed by atoms with van der Waals surface area (Å²) in [4.78, 5) is 25.3. The predicted molar refractivity (Wildman–Crippen MR) is 97.0 cm³/mol. The first kappa shape index (κ1) is 19.5. The average molecular weight is 357 g/mol. The first-order valence-corrected chi connectivity index (χ1v) is 8.24. The number of nitrogens with zero attached hydrogens (tertiary/aromatic N) is 1. The molecule has 0 bridgehead atoms. The highest BCUT2D eigenvalue weighted by Gasteiger charge is 2.28. The Labute approximate surface area is 153 Å². The van der Waals surface area contributed by atoms with Gasteiger partial charge in [-0.2, -0.15) is 0 Å². The number of rotatable bonds is 9. The maximum atomic E-state index is 12.4. The van der Waals surface area contributed by atoms with E-state index >= 15 is 0 Å². The van der Waals surface area contributed by atoms with Gasteiger partial charge in [-0.15, -0.1) is 0 Å². The van der Waals surface area contributed by atoms with Crippen molar-refractivity contribution in [1.82, 2.24) is 4.90 Å². The van der Waals surface area contributed by atoms with E-state index in [9.17, 15) is 14.7 Å². The second-order valence-corrected chi connectivity index (χ2v) is 5.88. The van der Waals surface area contributed by atoms with Crippen LogP contribution < -0.4 is 4.74 Å². The fraction of sp³-hybridized carbons (Fsp3) is 0.300. The Hall–Kier alpha value is -2.86. The molecule has 2 aromatic rings. The second-order valence-electron chi connectivity index (χ2n) is 5.88. The van der Waals surface area contributed by atoms with Crippen LogP contribution in [0.2, 0.25) is 0 Å². The third kappa shape index (κ3) is 5.60. The Morgan fingerprint density at radius 3 is 2.19 bits per heavy atom. The normalized spacial score (nSPS) is 11.8. The van der Waals surface area contributed by atoms with E-state index < -0.39 is 18.0 Å². The molecule has 0 radical (unpaired) electrons. The summed E-state index contributed by atoms with van der Waals surface area (Å²) < 4.78 is 10.1. The Bertz CT molecular complexity index is 715. The molecule has 0 amide bonds. The van der Waals surface area contributed by atoms with Crippen molar-refractivity contribution in [1.29, 1.82) is 0 Å². The molecule has 26 heavy (non-hydrogen) atoms. The van der Waals surface area contributed by atoms with Gasteiger partial charge in [-0.3, -0.25) is 14.5 Å². The summed E-state index contributed by atoms with van der Waals surface area (Å²) in [7, 11) is 2.89. The molecule has 0 spiro atoms. The number of esters is 1. The third-order valence-corrected chi connectivity index (χ3v) is 4.07. The molecule has 1 atom stereocenters. The van der Waals surface area contributed by atoms with Crippen molar-refractivity contribution in [3.63, 3.8) is 0 Å². The second kappa shape index (κ2) is 9.58. The highest BCUT2D eigenvalue weighted by atomic mass is 16.5.